The Kier molecular flexibility index (Phi) is 14.3. The molecule has 92 heavy (non-hydrogen) atoms. The Morgan fingerprint density at radius 2 is 0.652 bits per heavy atom. The number of rotatable bonds is 4. The van der Waals surface area contributed by atoms with Crippen LogP contribution in [0.4, 0.5) is 0 Å². The largest absolute Gasteiger partial charge is 0.322 e. The molecule has 0 atom stereocenters. The number of hydrogen-bond acceptors (Lipinski definition) is 6. The molecule has 0 amide bonds. The molecular weight excluding hydrogens is 1130 g/mol. The Balaban J connectivity index is 0.000000102. The van der Waals surface area contributed by atoms with Crippen molar-refractivity contribution in [3.05, 3.63) is 278 Å². The van der Waals surface area contributed by atoms with Crippen LogP contribution in [-0.2, 0) is 28.2 Å². The molecule has 0 radical (unpaired) electrons. The first-order valence-corrected chi connectivity index (χ1v) is 30.8. The maximum Gasteiger partial charge on any atom is 0.322 e. The van der Waals surface area contributed by atoms with Crippen molar-refractivity contribution in [3.63, 3.8) is 0 Å². The van der Waals surface area contributed by atoms with E-state index < -0.39 is 0 Å². The normalized spacial score (nSPS) is 11.5. The number of nitrogens with zero attached hydrogens (tertiary/aromatic N) is 14. The highest BCUT2D eigenvalue weighted by Crippen LogP contribution is 2.35. The first-order chi connectivity index (χ1) is 45.1. The van der Waals surface area contributed by atoms with Crippen molar-refractivity contribution in [1.82, 2.24) is 47.8 Å². The van der Waals surface area contributed by atoms with Crippen LogP contribution in [0.3, 0.4) is 0 Å². The number of benzene rings is 8. The van der Waals surface area contributed by atoms with E-state index in [-0.39, 0.29) is 0 Å². The lowest BCUT2D eigenvalue weighted by molar-refractivity contribution is -0.635. The van der Waals surface area contributed by atoms with E-state index in [1.165, 1.54) is 76.9 Å². The van der Waals surface area contributed by atoms with Gasteiger partial charge in [0.2, 0.25) is 22.9 Å². The van der Waals surface area contributed by atoms with E-state index in [0.717, 1.165) is 79.1 Å². The van der Waals surface area contributed by atoms with Gasteiger partial charge in [0.25, 0.3) is 11.3 Å². The summed E-state index contributed by atoms with van der Waals surface area (Å²) in [6.07, 6.45) is 10.7. The summed E-state index contributed by atoms with van der Waals surface area (Å²) in [5.41, 5.74) is 22.1. The topological polar surface area (TPSA) is 112 Å². The molecule has 0 saturated heterocycles. The fraction of sp³-hybridized carbons (Fsp3) is 0.103. The van der Waals surface area contributed by atoms with Gasteiger partial charge in [0.1, 0.15) is 47.2 Å². The van der Waals surface area contributed by atoms with Crippen LogP contribution in [0.2, 0.25) is 0 Å². The smallest absolute Gasteiger partial charge is 0.229 e. The second kappa shape index (κ2) is 23.2. The maximum atomic E-state index is 4.60. The van der Waals surface area contributed by atoms with Crippen molar-refractivity contribution in [1.29, 1.82) is 0 Å². The van der Waals surface area contributed by atoms with Gasteiger partial charge in [-0.2, -0.15) is 0 Å². The third kappa shape index (κ3) is 9.24. The fourth-order valence-corrected chi connectivity index (χ4v) is 13.6. The summed E-state index contributed by atoms with van der Waals surface area (Å²) >= 11 is 0. The van der Waals surface area contributed by atoms with Gasteiger partial charge >= 0.3 is 22.6 Å². The Morgan fingerprint density at radius 1 is 0.272 bits per heavy atom. The Bertz CT molecular complexity index is 5520. The van der Waals surface area contributed by atoms with Gasteiger partial charge in [0, 0.05) is 10.8 Å². The number of hydrogen-bond donors (Lipinski definition) is 0. The van der Waals surface area contributed by atoms with Crippen LogP contribution in [0, 0.1) is 27.7 Å². The minimum atomic E-state index is 0.861. The third-order valence-electron chi connectivity index (χ3n) is 17.8. The molecule has 18 aromatic rings. The molecule has 0 aliphatic carbocycles. The zero-order valence-electron chi connectivity index (χ0n) is 52.5. The summed E-state index contributed by atoms with van der Waals surface area (Å²) in [7, 11) is 8.28. The molecular formula is C78H66N14+4. The van der Waals surface area contributed by atoms with Crippen LogP contribution in [-0.4, -0.2) is 47.8 Å². The Morgan fingerprint density at radius 3 is 1.23 bits per heavy atom. The second-order valence-electron chi connectivity index (χ2n) is 23.3. The molecule has 10 aromatic heterocycles. The van der Waals surface area contributed by atoms with E-state index in [0.29, 0.717) is 0 Å². The predicted octanol–water partition coefficient (Wildman–Crippen LogP) is 14.3. The van der Waals surface area contributed by atoms with E-state index in [4.69, 9.17) is 0 Å². The molecule has 0 fully saturated rings. The first-order valence-electron chi connectivity index (χ1n) is 30.8. The fourth-order valence-electron chi connectivity index (χ4n) is 13.6. The quantitative estimate of drug-likeness (QED) is 0.128. The molecule has 18 rings (SSSR count). The minimum absolute atomic E-state index is 0.861. The zero-order chi connectivity index (χ0) is 62.7. The lowest BCUT2D eigenvalue weighted by atomic mass is 10.0. The van der Waals surface area contributed by atoms with E-state index in [1.807, 2.05) is 55.8 Å². The van der Waals surface area contributed by atoms with Crippen LogP contribution >= 0.6 is 0 Å². The monoisotopic (exact) mass is 1200 g/mol. The predicted molar refractivity (Wildman–Crippen MR) is 368 cm³/mol. The molecule has 0 saturated carbocycles. The summed E-state index contributed by atoms with van der Waals surface area (Å²) in [5.74, 6) is 2.22. The highest BCUT2D eigenvalue weighted by molar-refractivity contribution is 6.14. The van der Waals surface area contributed by atoms with Gasteiger partial charge in [-0.1, -0.05) is 146 Å². The number of aryl methyl sites for hydroxylation is 8. The average molecular weight is 1200 g/mol. The molecule has 10 heterocycles. The third-order valence-corrected chi connectivity index (χ3v) is 17.8. The lowest BCUT2D eigenvalue weighted by Crippen LogP contribution is -2.31. The number of pyridine rings is 4. The number of para-hydroxylation sites is 4. The minimum Gasteiger partial charge on any atom is -0.229 e. The van der Waals surface area contributed by atoms with Crippen LogP contribution in [0.5, 0.6) is 0 Å². The summed E-state index contributed by atoms with van der Waals surface area (Å²) in [5, 5.41) is 7.64. The molecule has 0 spiro atoms. The van der Waals surface area contributed by atoms with Crippen LogP contribution in [0.1, 0.15) is 22.3 Å². The summed E-state index contributed by atoms with van der Waals surface area (Å²) < 4.78 is 17.7. The number of imidazole rings is 4. The van der Waals surface area contributed by atoms with Crippen molar-refractivity contribution in [2.24, 2.45) is 28.2 Å². The van der Waals surface area contributed by atoms with Crippen LogP contribution in [0.25, 0.3) is 134 Å². The van der Waals surface area contributed by atoms with Crippen molar-refractivity contribution < 1.29 is 18.3 Å². The second-order valence-corrected chi connectivity index (χ2v) is 23.3. The molecule has 0 bridgehead atoms. The van der Waals surface area contributed by atoms with E-state index in [9.17, 15) is 0 Å². The number of fused-ring (bicyclic) bond motifs is 18. The number of aromatic nitrogens is 14. The molecule has 444 valence electrons. The van der Waals surface area contributed by atoms with Gasteiger partial charge in [0.15, 0.2) is 11.0 Å². The SMILES string of the molecule is Cc1cccc2c3ccccc3n3c4cccnc4[n+](C)c3c12.Cc1cccc2c3ccccc3n3c4nccnc4[n+](C)c3c12.Cc1ccccc1-c1n(-c2ccccc2)c2cccnc2[n+]1C.Cc1ccccc1-c1n(-c2ccccc2)c2nccnc2[n+]1C. The van der Waals surface area contributed by atoms with Crippen LogP contribution < -0.4 is 18.3 Å². The molecule has 0 aliphatic rings. The highest BCUT2D eigenvalue weighted by Gasteiger charge is 2.30. The van der Waals surface area contributed by atoms with Crippen molar-refractivity contribution in [3.8, 4) is 34.2 Å². The molecule has 14 heteroatoms. The van der Waals surface area contributed by atoms with Crippen molar-refractivity contribution >= 4 is 99.6 Å². The first kappa shape index (κ1) is 56.6. The standard InChI is InChI=1S/C20H16N3.C20H18N3.C19H15N4.C19H17N4/c1-13-7-5-9-15-14-8-3-4-10-16(14)23-17-11-6-12-21-19(17)22(2)20(23)18(13)15;1-15-9-6-7-12-17(15)20-22(2)19-18(13-8-14-21-19)23(20)16-10-4-3-5-11-16;1-12-6-5-8-14-13-7-3-4-9-15(13)23-18-17(20-10-11-21-18)22(2)19(23)16(12)14;1-14-8-6-7-11-16(14)19-22(2)17-18(21-13-12-20-17)23(19)15-9-4-3-5-10-15/h3-12H,1-2H3;3-14H,1-2H3;3-11H,1-2H3;3-13H,1-2H3/q4*+1. The highest BCUT2D eigenvalue weighted by atomic mass is 15.2. The average Bonchev–Trinajstić information content (AvgIpc) is 1.52. The van der Waals surface area contributed by atoms with Crippen molar-refractivity contribution in [2.75, 3.05) is 0 Å². The molecule has 0 N–H and O–H groups in total. The Labute approximate surface area is 530 Å². The maximum absolute atomic E-state index is 4.60. The molecule has 8 aromatic carbocycles. The summed E-state index contributed by atoms with van der Waals surface area (Å²) in [6, 6.07) is 76.0. The van der Waals surface area contributed by atoms with Gasteiger partial charge in [-0.15, -0.1) is 19.9 Å². The van der Waals surface area contributed by atoms with E-state index in [1.54, 1.807) is 24.8 Å². The molecule has 0 unspecified atom stereocenters. The van der Waals surface area contributed by atoms with Gasteiger partial charge < -0.3 is 0 Å². The van der Waals surface area contributed by atoms with E-state index in [2.05, 4.69) is 297 Å². The van der Waals surface area contributed by atoms with Crippen LogP contribution in [0.15, 0.2) is 256 Å². The molecule has 0 aliphatic heterocycles. The summed E-state index contributed by atoms with van der Waals surface area (Å²) in [6.45, 7) is 8.62. The van der Waals surface area contributed by atoms with Crippen molar-refractivity contribution in [2.45, 2.75) is 27.7 Å². The van der Waals surface area contributed by atoms with Gasteiger partial charge in [-0.25, -0.2) is 46.2 Å². The van der Waals surface area contributed by atoms with Gasteiger partial charge in [-0.3, -0.25) is 0 Å². The van der Waals surface area contributed by atoms with E-state index >= 15 is 0 Å². The summed E-state index contributed by atoms with van der Waals surface area (Å²) in [4.78, 5) is 27.4. The lowest BCUT2D eigenvalue weighted by Gasteiger charge is -2.08. The van der Waals surface area contributed by atoms with Gasteiger partial charge in [-0.05, 0) is 134 Å². The van der Waals surface area contributed by atoms with Gasteiger partial charge in [0.05, 0.1) is 62.5 Å². The molecule has 14 nitrogen and oxygen atoms in total. The zero-order valence-corrected chi connectivity index (χ0v) is 52.5. The Hall–Kier alpha value is -11.9.